The average molecular weight is 280 g/mol. The number of aromatic hydroxyl groups is 1. The van der Waals surface area contributed by atoms with Gasteiger partial charge in [-0.1, -0.05) is 30.3 Å². The number of hydrogen-bond donors (Lipinski definition) is 3. The third-order valence-corrected chi connectivity index (χ3v) is 3.29. The van der Waals surface area contributed by atoms with Gasteiger partial charge in [0, 0.05) is 11.3 Å². The van der Waals surface area contributed by atoms with Crippen molar-refractivity contribution in [3.63, 3.8) is 0 Å². The summed E-state index contributed by atoms with van der Waals surface area (Å²) in [7, 11) is 0. The number of anilines is 3. The van der Waals surface area contributed by atoms with E-state index >= 15 is 0 Å². The van der Waals surface area contributed by atoms with E-state index in [1.165, 1.54) is 0 Å². The monoisotopic (exact) mass is 280 g/mol. The minimum atomic E-state index is -0.658. The van der Waals surface area contributed by atoms with Gasteiger partial charge in [0.15, 0.2) is 0 Å². The van der Waals surface area contributed by atoms with Crippen molar-refractivity contribution in [3.8, 4) is 16.9 Å². The highest BCUT2D eigenvalue weighted by molar-refractivity contribution is 5.79. The lowest BCUT2D eigenvalue weighted by Gasteiger charge is -2.11. The quantitative estimate of drug-likeness (QED) is 0.638. The molecule has 0 radical (unpaired) electrons. The summed E-state index contributed by atoms with van der Waals surface area (Å²) in [6.07, 6.45) is 0. The highest BCUT2D eigenvalue weighted by Crippen LogP contribution is 2.31. The summed E-state index contributed by atoms with van der Waals surface area (Å²) in [6, 6.07) is 14.1. The zero-order valence-corrected chi connectivity index (χ0v) is 11.0. The van der Waals surface area contributed by atoms with Gasteiger partial charge < -0.3 is 16.2 Å². The first-order valence-corrected chi connectivity index (χ1v) is 6.32. The first-order valence-electron chi connectivity index (χ1n) is 6.32. The largest absolute Gasteiger partial charge is 0.507 e. The molecule has 0 aromatic heterocycles. The van der Waals surface area contributed by atoms with Gasteiger partial charge in [-0.2, -0.15) is 0 Å². The van der Waals surface area contributed by atoms with Gasteiger partial charge in [-0.05, 0) is 23.8 Å². The van der Waals surface area contributed by atoms with Crippen LogP contribution in [0.3, 0.4) is 0 Å². The SMILES string of the molecule is Nc1c(Nc2cccc(-c3ccccc3O)c2)c(=O)c1=O. The van der Waals surface area contributed by atoms with Crippen LogP contribution in [-0.2, 0) is 0 Å². The number of para-hydroxylation sites is 1. The van der Waals surface area contributed by atoms with Crippen molar-refractivity contribution < 1.29 is 5.11 Å². The predicted molar refractivity (Wildman–Crippen MR) is 82.6 cm³/mol. The summed E-state index contributed by atoms with van der Waals surface area (Å²) in [5, 5.41) is 12.7. The maximum atomic E-state index is 11.4. The van der Waals surface area contributed by atoms with Crippen molar-refractivity contribution in [3.05, 3.63) is 69.0 Å². The second-order valence-corrected chi connectivity index (χ2v) is 4.67. The summed E-state index contributed by atoms with van der Waals surface area (Å²) in [6.45, 7) is 0. The third-order valence-electron chi connectivity index (χ3n) is 3.29. The van der Waals surface area contributed by atoms with Gasteiger partial charge in [-0.3, -0.25) is 9.59 Å². The van der Waals surface area contributed by atoms with Gasteiger partial charge in [0.2, 0.25) is 0 Å². The van der Waals surface area contributed by atoms with Crippen molar-refractivity contribution in [2.75, 3.05) is 11.1 Å². The van der Waals surface area contributed by atoms with E-state index < -0.39 is 10.9 Å². The summed E-state index contributed by atoms with van der Waals surface area (Å²) in [5.74, 6) is 0.170. The Hall–Kier alpha value is -3.08. The van der Waals surface area contributed by atoms with Gasteiger partial charge in [-0.25, -0.2) is 0 Å². The van der Waals surface area contributed by atoms with Gasteiger partial charge in [-0.15, -0.1) is 0 Å². The Labute approximate surface area is 120 Å². The molecule has 3 rings (SSSR count). The first kappa shape index (κ1) is 12.9. The molecule has 0 saturated carbocycles. The number of nitrogen functional groups attached to an aromatic ring is 1. The van der Waals surface area contributed by atoms with Crippen LogP contribution in [0.5, 0.6) is 5.75 Å². The molecule has 0 atom stereocenters. The third kappa shape index (κ3) is 2.14. The summed E-state index contributed by atoms with van der Waals surface area (Å²) in [5.41, 5.74) is 6.37. The van der Waals surface area contributed by atoms with Gasteiger partial charge in [0.05, 0.1) is 0 Å². The van der Waals surface area contributed by atoms with Gasteiger partial charge in [0.1, 0.15) is 17.1 Å². The zero-order valence-electron chi connectivity index (χ0n) is 11.0. The van der Waals surface area contributed by atoms with Crippen LogP contribution in [0.2, 0.25) is 0 Å². The Kier molecular flexibility index (Phi) is 2.95. The molecule has 0 aliphatic rings. The standard InChI is InChI=1S/C16H12N2O3/c17-13-14(16(21)15(13)20)18-10-5-3-4-9(8-10)11-6-1-2-7-12(11)19/h1-8,18-19H,17H2. The Morgan fingerprint density at radius 1 is 0.952 bits per heavy atom. The summed E-state index contributed by atoms with van der Waals surface area (Å²) in [4.78, 5) is 22.5. The molecule has 0 fully saturated rings. The van der Waals surface area contributed by atoms with Crippen LogP contribution in [0.25, 0.3) is 11.1 Å². The number of nitrogens with one attached hydrogen (secondary N) is 1. The normalized spacial score (nSPS) is 10.7. The van der Waals surface area contributed by atoms with Crippen LogP contribution in [0.15, 0.2) is 58.1 Å². The van der Waals surface area contributed by atoms with E-state index in [4.69, 9.17) is 5.73 Å². The molecule has 0 heterocycles. The maximum Gasteiger partial charge on any atom is 0.253 e. The van der Waals surface area contributed by atoms with Crippen LogP contribution in [0.4, 0.5) is 17.1 Å². The molecule has 3 aromatic carbocycles. The van der Waals surface area contributed by atoms with E-state index in [1.807, 2.05) is 12.1 Å². The Morgan fingerprint density at radius 2 is 1.71 bits per heavy atom. The Bertz CT molecular complexity index is 893. The molecule has 3 aromatic rings. The van der Waals surface area contributed by atoms with Crippen molar-refractivity contribution in [2.24, 2.45) is 0 Å². The molecule has 0 amide bonds. The van der Waals surface area contributed by atoms with Crippen LogP contribution in [-0.4, -0.2) is 5.11 Å². The fraction of sp³-hybridized carbons (Fsp3) is 0. The fourth-order valence-electron chi connectivity index (χ4n) is 2.16. The van der Waals surface area contributed by atoms with Crippen molar-refractivity contribution in [1.82, 2.24) is 0 Å². The van der Waals surface area contributed by atoms with E-state index in [0.717, 1.165) is 5.56 Å². The topological polar surface area (TPSA) is 92.4 Å². The number of nitrogens with two attached hydrogens (primary N) is 1. The number of hydrogen-bond acceptors (Lipinski definition) is 5. The van der Waals surface area contributed by atoms with Gasteiger partial charge in [0.25, 0.3) is 10.9 Å². The predicted octanol–water partition coefficient (Wildman–Crippen LogP) is 1.98. The number of rotatable bonds is 3. The number of phenols is 1. The van der Waals surface area contributed by atoms with E-state index in [1.54, 1.807) is 36.4 Å². The summed E-state index contributed by atoms with van der Waals surface area (Å²) < 4.78 is 0. The second-order valence-electron chi connectivity index (χ2n) is 4.67. The Balaban J connectivity index is 1.97. The maximum absolute atomic E-state index is 11.4. The minimum absolute atomic E-state index is 0.0482. The van der Waals surface area contributed by atoms with Crippen molar-refractivity contribution in [2.45, 2.75) is 0 Å². The first-order chi connectivity index (χ1) is 10.1. The van der Waals surface area contributed by atoms with E-state index in [0.29, 0.717) is 11.3 Å². The van der Waals surface area contributed by atoms with Crippen LogP contribution in [0.1, 0.15) is 0 Å². The van der Waals surface area contributed by atoms with E-state index in [9.17, 15) is 14.7 Å². The molecular formula is C16H12N2O3. The lowest BCUT2D eigenvalue weighted by Crippen LogP contribution is -2.36. The lowest BCUT2D eigenvalue weighted by atomic mass is 10.0. The molecule has 0 unspecified atom stereocenters. The minimum Gasteiger partial charge on any atom is -0.507 e. The summed E-state index contributed by atoms with van der Waals surface area (Å²) >= 11 is 0. The van der Waals surface area contributed by atoms with Crippen molar-refractivity contribution >= 4 is 17.1 Å². The smallest absolute Gasteiger partial charge is 0.253 e. The molecule has 0 aliphatic heterocycles. The van der Waals surface area contributed by atoms with Crippen LogP contribution >= 0.6 is 0 Å². The molecule has 0 aliphatic carbocycles. The van der Waals surface area contributed by atoms with E-state index in [-0.39, 0.29) is 17.1 Å². The molecule has 0 bridgehead atoms. The second kappa shape index (κ2) is 4.79. The lowest BCUT2D eigenvalue weighted by molar-refractivity contribution is 0.477. The number of benzene rings is 2. The van der Waals surface area contributed by atoms with Crippen LogP contribution < -0.4 is 21.9 Å². The van der Waals surface area contributed by atoms with Crippen LogP contribution in [0, 0.1) is 0 Å². The van der Waals surface area contributed by atoms with Gasteiger partial charge >= 0.3 is 0 Å². The zero-order chi connectivity index (χ0) is 15.0. The highest BCUT2D eigenvalue weighted by atomic mass is 16.3. The Morgan fingerprint density at radius 3 is 2.43 bits per heavy atom. The molecule has 5 heteroatoms. The van der Waals surface area contributed by atoms with Crippen molar-refractivity contribution in [1.29, 1.82) is 0 Å². The molecule has 5 nitrogen and oxygen atoms in total. The molecule has 21 heavy (non-hydrogen) atoms. The highest BCUT2D eigenvalue weighted by Gasteiger charge is 2.17. The molecule has 4 N–H and O–H groups in total. The average Bonchev–Trinajstić information content (AvgIpc) is 2.52. The van der Waals surface area contributed by atoms with E-state index in [2.05, 4.69) is 5.32 Å². The molecule has 0 saturated heterocycles. The fourth-order valence-corrected chi connectivity index (χ4v) is 2.16. The molecule has 104 valence electrons. The molecular weight excluding hydrogens is 268 g/mol. The molecule has 0 spiro atoms. The number of phenolic OH excluding ortho intramolecular Hbond substituents is 1.